The number of aromatic nitrogens is 2. The predicted octanol–water partition coefficient (Wildman–Crippen LogP) is 0.163. The van der Waals surface area contributed by atoms with Crippen molar-refractivity contribution in [1.29, 1.82) is 0 Å². The standard InChI is InChI=1S/C10H14N4O4/c15-9(16)8-2-1-7(18-8)5-11-10(17)14-6-3-12-13-4-6/h3-4,7-8H,1-2,5H2,(H,12,13)(H,15,16)(H2,11,14,17). The highest BCUT2D eigenvalue weighted by Gasteiger charge is 2.30. The average Bonchev–Trinajstić information content (AvgIpc) is 2.96. The summed E-state index contributed by atoms with van der Waals surface area (Å²) >= 11 is 0. The van der Waals surface area contributed by atoms with Gasteiger partial charge in [0.15, 0.2) is 6.10 Å². The number of carboxylic acid groups (broad SMARTS) is 1. The average molecular weight is 254 g/mol. The van der Waals surface area contributed by atoms with Crippen LogP contribution in [-0.2, 0) is 9.53 Å². The number of urea groups is 1. The van der Waals surface area contributed by atoms with Crippen LogP contribution in [-0.4, -0.2) is 46.1 Å². The Hall–Kier alpha value is -2.09. The summed E-state index contributed by atoms with van der Waals surface area (Å²) in [5, 5.41) is 20.2. The fraction of sp³-hybridized carbons (Fsp3) is 0.500. The van der Waals surface area contributed by atoms with E-state index < -0.39 is 12.1 Å². The van der Waals surface area contributed by atoms with E-state index in [-0.39, 0.29) is 18.7 Å². The lowest BCUT2D eigenvalue weighted by molar-refractivity contribution is -0.149. The number of H-pyrrole nitrogens is 1. The van der Waals surface area contributed by atoms with Gasteiger partial charge in [-0.25, -0.2) is 9.59 Å². The molecule has 0 aromatic carbocycles. The summed E-state index contributed by atoms with van der Waals surface area (Å²) in [6.07, 6.45) is 3.13. The zero-order valence-corrected chi connectivity index (χ0v) is 9.55. The highest BCUT2D eigenvalue weighted by molar-refractivity contribution is 5.88. The van der Waals surface area contributed by atoms with Crippen LogP contribution in [0.1, 0.15) is 12.8 Å². The number of anilines is 1. The Bertz CT molecular complexity index is 420. The molecule has 1 aromatic heterocycles. The van der Waals surface area contributed by atoms with Gasteiger partial charge >= 0.3 is 12.0 Å². The van der Waals surface area contributed by atoms with Gasteiger partial charge < -0.3 is 20.5 Å². The van der Waals surface area contributed by atoms with E-state index in [1.165, 1.54) is 6.20 Å². The van der Waals surface area contributed by atoms with Crippen LogP contribution in [0.25, 0.3) is 0 Å². The van der Waals surface area contributed by atoms with Crippen LogP contribution < -0.4 is 10.6 Å². The van der Waals surface area contributed by atoms with Crippen molar-refractivity contribution in [3.63, 3.8) is 0 Å². The summed E-state index contributed by atoms with van der Waals surface area (Å²) in [4.78, 5) is 22.1. The maximum atomic E-state index is 11.4. The van der Waals surface area contributed by atoms with E-state index in [0.717, 1.165) is 0 Å². The molecule has 8 nitrogen and oxygen atoms in total. The van der Waals surface area contributed by atoms with Gasteiger partial charge in [-0.2, -0.15) is 5.10 Å². The number of aromatic amines is 1. The van der Waals surface area contributed by atoms with Gasteiger partial charge in [0.2, 0.25) is 0 Å². The van der Waals surface area contributed by atoms with Crippen molar-refractivity contribution in [2.75, 3.05) is 11.9 Å². The van der Waals surface area contributed by atoms with Gasteiger partial charge in [0.05, 0.1) is 18.0 Å². The summed E-state index contributed by atoms with van der Waals surface area (Å²) in [6.45, 7) is 0.285. The zero-order valence-electron chi connectivity index (χ0n) is 9.55. The van der Waals surface area contributed by atoms with Gasteiger partial charge in [-0.05, 0) is 12.8 Å². The second kappa shape index (κ2) is 5.50. The lowest BCUT2D eigenvalue weighted by atomic mass is 10.2. The number of rotatable bonds is 4. The summed E-state index contributed by atoms with van der Waals surface area (Å²) in [6, 6.07) is -0.376. The Labute approximate surface area is 103 Å². The number of nitrogens with zero attached hydrogens (tertiary/aromatic N) is 1. The Balaban J connectivity index is 1.69. The molecule has 18 heavy (non-hydrogen) atoms. The first-order chi connectivity index (χ1) is 8.65. The van der Waals surface area contributed by atoms with Crippen LogP contribution >= 0.6 is 0 Å². The molecule has 0 spiro atoms. The number of aliphatic carboxylic acids is 1. The van der Waals surface area contributed by atoms with Gasteiger partial charge in [0.25, 0.3) is 0 Å². The van der Waals surface area contributed by atoms with E-state index in [2.05, 4.69) is 20.8 Å². The van der Waals surface area contributed by atoms with Crippen LogP contribution in [0.2, 0.25) is 0 Å². The number of nitrogens with one attached hydrogen (secondary N) is 3. The second-order valence-corrected chi connectivity index (χ2v) is 3.98. The molecule has 98 valence electrons. The maximum Gasteiger partial charge on any atom is 0.332 e. The molecule has 1 saturated heterocycles. The number of hydrogen-bond acceptors (Lipinski definition) is 4. The molecular formula is C10H14N4O4. The summed E-state index contributed by atoms with van der Waals surface area (Å²) in [7, 11) is 0. The zero-order chi connectivity index (χ0) is 13.0. The Morgan fingerprint density at radius 2 is 2.39 bits per heavy atom. The molecule has 1 aliphatic rings. The lowest BCUT2D eigenvalue weighted by Gasteiger charge is -2.12. The van der Waals surface area contributed by atoms with Crippen molar-refractivity contribution in [1.82, 2.24) is 15.5 Å². The van der Waals surface area contributed by atoms with E-state index in [4.69, 9.17) is 9.84 Å². The quantitative estimate of drug-likeness (QED) is 0.611. The van der Waals surface area contributed by atoms with Gasteiger partial charge in [0, 0.05) is 12.7 Å². The van der Waals surface area contributed by atoms with E-state index >= 15 is 0 Å². The maximum absolute atomic E-state index is 11.4. The van der Waals surface area contributed by atoms with Crippen molar-refractivity contribution in [2.24, 2.45) is 0 Å². The molecule has 2 atom stereocenters. The molecule has 1 fully saturated rings. The first kappa shape index (κ1) is 12.4. The van der Waals surface area contributed by atoms with Crippen molar-refractivity contribution < 1.29 is 19.4 Å². The predicted molar refractivity (Wildman–Crippen MR) is 61.1 cm³/mol. The van der Waals surface area contributed by atoms with Crippen molar-refractivity contribution in [2.45, 2.75) is 25.0 Å². The number of ether oxygens (including phenoxy) is 1. The first-order valence-electron chi connectivity index (χ1n) is 5.57. The van der Waals surface area contributed by atoms with Gasteiger partial charge in [-0.1, -0.05) is 0 Å². The van der Waals surface area contributed by atoms with E-state index in [9.17, 15) is 9.59 Å². The minimum absolute atomic E-state index is 0.249. The molecule has 1 aliphatic heterocycles. The normalized spacial score (nSPS) is 22.7. The third kappa shape index (κ3) is 3.20. The summed E-state index contributed by atoms with van der Waals surface area (Å²) in [5.41, 5.74) is 0.559. The molecule has 0 bridgehead atoms. The van der Waals surface area contributed by atoms with Crippen LogP contribution in [0.3, 0.4) is 0 Å². The number of carbonyl (C=O) groups excluding carboxylic acids is 1. The molecule has 2 amide bonds. The Morgan fingerprint density at radius 1 is 1.56 bits per heavy atom. The fourth-order valence-corrected chi connectivity index (χ4v) is 1.74. The summed E-state index contributed by atoms with van der Waals surface area (Å²) < 4.78 is 5.25. The smallest absolute Gasteiger partial charge is 0.332 e. The van der Waals surface area contributed by atoms with E-state index in [0.29, 0.717) is 18.5 Å². The molecule has 4 N–H and O–H groups in total. The molecule has 2 heterocycles. The van der Waals surface area contributed by atoms with Crippen molar-refractivity contribution in [3.8, 4) is 0 Å². The Morgan fingerprint density at radius 3 is 3.00 bits per heavy atom. The fourth-order valence-electron chi connectivity index (χ4n) is 1.74. The highest BCUT2D eigenvalue weighted by atomic mass is 16.5. The van der Waals surface area contributed by atoms with Crippen LogP contribution in [0.4, 0.5) is 10.5 Å². The third-order valence-corrected chi connectivity index (χ3v) is 2.63. The second-order valence-electron chi connectivity index (χ2n) is 3.98. The van der Waals surface area contributed by atoms with Gasteiger partial charge in [-0.3, -0.25) is 5.10 Å². The van der Waals surface area contributed by atoms with Crippen molar-refractivity contribution in [3.05, 3.63) is 12.4 Å². The molecule has 2 unspecified atom stereocenters. The minimum Gasteiger partial charge on any atom is -0.479 e. The topological polar surface area (TPSA) is 116 Å². The molecule has 1 aromatic rings. The van der Waals surface area contributed by atoms with Crippen LogP contribution in [0, 0.1) is 0 Å². The first-order valence-corrected chi connectivity index (χ1v) is 5.57. The van der Waals surface area contributed by atoms with E-state index in [1.807, 2.05) is 0 Å². The Kier molecular flexibility index (Phi) is 3.78. The van der Waals surface area contributed by atoms with Gasteiger partial charge in [0.1, 0.15) is 0 Å². The monoisotopic (exact) mass is 254 g/mol. The minimum atomic E-state index is -0.958. The number of carboxylic acids is 1. The molecular weight excluding hydrogens is 240 g/mol. The number of amides is 2. The molecule has 2 rings (SSSR count). The molecule has 0 radical (unpaired) electrons. The SMILES string of the molecule is O=C(NCC1CCC(C(=O)O)O1)Nc1cn[nH]c1. The summed E-state index contributed by atoms with van der Waals surface area (Å²) in [5.74, 6) is -0.958. The third-order valence-electron chi connectivity index (χ3n) is 2.63. The van der Waals surface area contributed by atoms with Gasteiger partial charge in [-0.15, -0.1) is 0 Å². The van der Waals surface area contributed by atoms with Crippen LogP contribution in [0.15, 0.2) is 12.4 Å². The van der Waals surface area contributed by atoms with Crippen molar-refractivity contribution >= 4 is 17.7 Å². The lowest BCUT2D eigenvalue weighted by Crippen LogP contribution is -2.35. The van der Waals surface area contributed by atoms with Crippen LogP contribution in [0.5, 0.6) is 0 Å². The molecule has 0 aliphatic carbocycles. The number of hydrogen-bond donors (Lipinski definition) is 4. The number of carbonyl (C=O) groups is 2. The highest BCUT2D eigenvalue weighted by Crippen LogP contribution is 2.19. The molecule has 0 saturated carbocycles. The molecule has 8 heteroatoms. The largest absolute Gasteiger partial charge is 0.479 e. The van der Waals surface area contributed by atoms with E-state index in [1.54, 1.807) is 6.20 Å².